The summed E-state index contributed by atoms with van der Waals surface area (Å²) in [5.41, 5.74) is 4.55. The highest BCUT2D eigenvalue weighted by molar-refractivity contribution is 6.03. The summed E-state index contributed by atoms with van der Waals surface area (Å²) < 4.78 is 5.41. The number of ether oxygens (including phenoxy) is 1. The summed E-state index contributed by atoms with van der Waals surface area (Å²) in [5, 5.41) is 6.15. The van der Waals surface area contributed by atoms with Crippen molar-refractivity contribution in [1.82, 2.24) is 9.97 Å². The van der Waals surface area contributed by atoms with E-state index in [-0.39, 0.29) is 5.91 Å². The molecule has 6 heteroatoms. The van der Waals surface area contributed by atoms with Crippen LogP contribution in [-0.4, -0.2) is 22.5 Å². The van der Waals surface area contributed by atoms with Gasteiger partial charge in [-0.2, -0.15) is 0 Å². The monoisotopic (exact) mass is 390 g/mol. The normalized spacial score (nSPS) is 10.4. The minimum Gasteiger partial charge on any atom is -0.494 e. The predicted octanol–water partition coefficient (Wildman–Crippen LogP) is 5.00. The van der Waals surface area contributed by atoms with E-state index in [0.717, 1.165) is 24.3 Å². The molecular weight excluding hydrogens is 364 g/mol. The average Bonchev–Trinajstić information content (AvgIpc) is 2.76. The quantitative estimate of drug-likeness (QED) is 0.566. The van der Waals surface area contributed by atoms with Crippen LogP contribution >= 0.6 is 0 Å². The largest absolute Gasteiger partial charge is 0.494 e. The lowest BCUT2D eigenvalue weighted by molar-refractivity contribution is 0.102. The highest BCUT2D eigenvalue weighted by Crippen LogP contribution is 2.25. The van der Waals surface area contributed by atoms with Gasteiger partial charge in [-0.25, -0.2) is 9.97 Å². The lowest BCUT2D eigenvalue weighted by Crippen LogP contribution is -2.13. The maximum absolute atomic E-state index is 12.5. The van der Waals surface area contributed by atoms with Crippen LogP contribution < -0.4 is 15.4 Å². The Balaban J connectivity index is 1.69. The Bertz CT molecular complexity index is 931. The molecule has 0 aliphatic carbocycles. The summed E-state index contributed by atoms with van der Waals surface area (Å²) in [6, 6.07) is 13.5. The molecule has 0 saturated heterocycles. The predicted molar refractivity (Wildman–Crippen MR) is 116 cm³/mol. The molecule has 0 radical (unpaired) electrons. The summed E-state index contributed by atoms with van der Waals surface area (Å²) in [6.45, 7) is 6.77. The lowest BCUT2D eigenvalue weighted by Gasteiger charge is -2.14. The van der Waals surface area contributed by atoms with E-state index in [0.29, 0.717) is 23.8 Å². The molecule has 0 saturated carbocycles. The number of nitrogens with one attached hydrogen (secondary N) is 2. The van der Waals surface area contributed by atoms with Crippen LogP contribution in [0.3, 0.4) is 0 Å². The van der Waals surface area contributed by atoms with E-state index in [2.05, 4.69) is 52.6 Å². The van der Waals surface area contributed by atoms with Gasteiger partial charge in [-0.15, -0.1) is 0 Å². The van der Waals surface area contributed by atoms with Gasteiger partial charge in [0.05, 0.1) is 12.2 Å². The van der Waals surface area contributed by atoms with Gasteiger partial charge in [-0.1, -0.05) is 32.0 Å². The summed E-state index contributed by atoms with van der Waals surface area (Å²) >= 11 is 0. The third kappa shape index (κ3) is 5.10. The molecule has 29 heavy (non-hydrogen) atoms. The van der Waals surface area contributed by atoms with Crippen molar-refractivity contribution in [2.45, 2.75) is 33.6 Å². The summed E-state index contributed by atoms with van der Waals surface area (Å²) in [4.78, 5) is 21.1. The first-order valence-electron chi connectivity index (χ1n) is 9.88. The third-order valence-electron chi connectivity index (χ3n) is 4.57. The molecule has 1 heterocycles. The molecule has 1 amide bonds. The zero-order valence-corrected chi connectivity index (χ0v) is 17.0. The molecule has 0 atom stereocenters. The second-order valence-electron chi connectivity index (χ2n) is 6.49. The number of aryl methyl sites for hydroxylation is 2. The van der Waals surface area contributed by atoms with Gasteiger partial charge >= 0.3 is 0 Å². The van der Waals surface area contributed by atoms with Crippen molar-refractivity contribution in [3.05, 3.63) is 71.5 Å². The SMILES string of the molecule is CCOc1ccc(NC(=O)c2cnc(Nc3c(CC)cccc3CC)nc2)cc1. The Morgan fingerprint density at radius 1 is 0.931 bits per heavy atom. The molecule has 2 aromatic carbocycles. The molecule has 2 N–H and O–H groups in total. The minimum absolute atomic E-state index is 0.260. The first-order chi connectivity index (χ1) is 14.1. The summed E-state index contributed by atoms with van der Waals surface area (Å²) in [7, 11) is 0. The second kappa shape index (κ2) is 9.68. The maximum Gasteiger partial charge on any atom is 0.258 e. The fourth-order valence-corrected chi connectivity index (χ4v) is 3.03. The van der Waals surface area contributed by atoms with Crippen molar-refractivity contribution in [3.63, 3.8) is 0 Å². The first-order valence-corrected chi connectivity index (χ1v) is 9.88. The smallest absolute Gasteiger partial charge is 0.258 e. The Morgan fingerprint density at radius 2 is 1.55 bits per heavy atom. The van der Waals surface area contributed by atoms with E-state index in [1.165, 1.54) is 23.5 Å². The van der Waals surface area contributed by atoms with E-state index in [1.807, 2.05) is 19.1 Å². The molecule has 150 valence electrons. The number of aromatic nitrogens is 2. The fraction of sp³-hybridized carbons (Fsp3) is 0.261. The van der Waals surface area contributed by atoms with Gasteiger partial charge in [0.2, 0.25) is 5.95 Å². The molecule has 0 fully saturated rings. The van der Waals surface area contributed by atoms with E-state index in [1.54, 1.807) is 12.1 Å². The van der Waals surface area contributed by atoms with Crippen molar-refractivity contribution < 1.29 is 9.53 Å². The number of rotatable bonds is 8. The molecule has 6 nitrogen and oxygen atoms in total. The maximum atomic E-state index is 12.5. The average molecular weight is 390 g/mol. The Hall–Kier alpha value is -3.41. The molecular formula is C23H26N4O2. The molecule has 0 unspecified atom stereocenters. The van der Waals surface area contributed by atoms with Crippen LogP contribution in [0.25, 0.3) is 0 Å². The minimum atomic E-state index is -0.260. The van der Waals surface area contributed by atoms with Gasteiger partial charge in [0.1, 0.15) is 5.75 Å². The van der Waals surface area contributed by atoms with Crippen molar-refractivity contribution in [1.29, 1.82) is 0 Å². The molecule has 0 aliphatic heterocycles. The van der Waals surface area contributed by atoms with Crippen molar-refractivity contribution in [3.8, 4) is 5.75 Å². The highest BCUT2D eigenvalue weighted by Gasteiger charge is 2.11. The van der Waals surface area contributed by atoms with Gasteiger partial charge in [-0.05, 0) is 55.2 Å². The first kappa shape index (κ1) is 20.3. The Labute approximate surface area is 171 Å². The fourth-order valence-electron chi connectivity index (χ4n) is 3.03. The van der Waals surface area contributed by atoms with Crippen LogP contribution in [0.1, 0.15) is 42.3 Å². The van der Waals surface area contributed by atoms with Crippen molar-refractivity contribution >= 4 is 23.2 Å². The highest BCUT2D eigenvalue weighted by atomic mass is 16.5. The van der Waals surface area contributed by atoms with Crippen LogP contribution in [0.5, 0.6) is 5.75 Å². The molecule has 0 aliphatic rings. The molecule has 0 bridgehead atoms. The van der Waals surface area contributed by atoms with E-state index < -0.39 is 0 Å². The third-order valence-corrected chi connectivity index (χ3v) is 4.57. The zero-order chi connectivity index (χ0) is 20.6. The van der Waals surface area contributed by atoms with Crippen LogP contribution in [-0.2, 0) is 12.8 Å². The van der Waals surface area contributed by atoms with Crippen molar-refractivity contribution in [2.75, 3.05) is 17.2 Å². The number of anilines is 3. The van der Waals surface area contributed by atoms with Crippen molar-refractivity contribution in [2.24, 2.45) is 0 Å². The van der Waals surface area contributed by atoms with Gasteiger partial charge in [0, 0.05) is 23.8 Å². The number of carbonyl (C=O) groups is 1. The van der Waals surface area contributed by atoms with Crippen LogP contribution in [0.2, 0.25) is 0 Å². The Kier molecular flexibility index (Phi) is 6.79. The topological polar surface area (TPSA) is 76.1 Å². The number of amides is 1. The number of para-hydroxylation sites is 1. The number of benzene rings is 2. The van der Waals surface area contributed by atoms with Gasteiger partial charge in [0.25, 0.3) is 5.91 Å². The van der Waals surface area contributed by atoms with E-state index in [4.69, 9.17) is 4.74 Å². The van der Waals surface area contributed by atoms with E-state index >= 15 is 0 Å². The van der Waals surface area contributed by atoms with Crippen LogP contribution in [0.4, 0.5) is 17.3 Å². The molecule has 0 spiro atoms. The van der Waals surface area contributed by atoms with Gasteiger partial charge in [-0.3, -0.25) is 4.79 Å². The number of carbonyl (C=O) groups excluding carboxylic acids is 1. The van der Waals surface area contributed by atoms with E-state index in [9.17, 15) is 4.79 Å². The number of hydrogen-bond donors (Lipinski definition) is 2. The van der Waals surface area contributed by atoms with Gasteiger partial charge in [0.15, 0.2) is 0 Å². The number of nitrogens with zero attached hydrogens (tertiary/aromatic N) is 2. The Morgan fingerprint density at radius 3 is 2.10 bits per heavy atom. The van der Waals surface area contributed by atoms with Crippen LogP contribution in [0, 0.1) is 0 Å². The molecule has 1 aromatic heterocycles. The lowest BCUT2D eigenvalue weighted by atomic mass is 10.0. The number of hydrogen-bond acceptors (Lipinski definition) is 5. The summed E-state index contributed by atoms with van der Waals surface area (Å²) in [5.74, 6) is 0.977. The molecule has 3 rings (SSSR count). The molecule has 3 aromatic rings. The zero-order valence-electron chi connectivity index (χ0n) is 17.0. The standard InChI is InChI=1S/C23H26N4O2/c1-4-16-8-7-9-17(5-2)21(16)27-23-24-14-18(15-25-23)22(28)26-19-10-12-20(13-11-19)29-6-3/h7-15H,4-6H2,1-3H3,(H,26,28)(H,24,25,27). The summed E-state index contributed by atoms with van der Waals surface area (Å²) in [6.07, 6.45) is 4.89. The van der Waals surface area contributed by atoms with Crippen LogP contribution in [0.15, 0.2) is 54.9 Å². The van der Waals surface area contributed by atoms with Gasteiger partial charge < -0.3 is 15.4 Å². The second-order valence-corrected chi connectivity index (χ2v) is 6.49.